The first-order chi connectivity index (χ1) is 8.99. The SMILES string of the molecule is CC(=O)N1CCN(c2ccc([C@H](C)O)cc2Br)CC1. The van der Waals surface area contributed by atoms with Gasteiger partial charge in [-0.1, -0.05) is 6.07 Å². The van der Waals surface area contributed by atoms with Crippen LogP contribution in [0.4, 0.5) is 5.69 Å². The van der Waals surface area contributed by atoms with Crippen LogP contribution in [0.1, 0.15) is 25.5 Å². The van der Waals surface area contributed by atoms with Crippen molar-refractivity contribution in [3.05, 3.63) is 28.2 Å². The van der Waals surface area contributed by atoms with Gasteiger partial charge in [-0.25, -0.2) is 0 Å². The summed E-state index contributed by atoms with van der Waals surface area (Å²) in [7, 11) is 0. The Hall–Kier alpha value is -1.07. The van der Waals surface area contributed by atoms with Gasteiger partial charge in [-0.15, -0.1) is 0 Å². The Labute approximate surface area is 122 Å². The third kappa shape index (κ3) is 3.28. The van der Waals surface area contributed by atoms with E-state index >= 15 is 0 Å². The van der Waals surface area contributed by atoms with Gasteiger partial charge in [-0.3, -0.25) is 4.79 Å². The molecule has 1 amide bonds. The number of nitrogens with zero attached hydrogens (tertiary/aromatic N) is 2. The first kappa shape index (κ1) is 14.3. The molecule has 2 rings (SSSR count). The Morgan fingerprint density at radius 2 is 1.95 bits per heavy atom. The Bertz CT molecular complexity index is 469. The van der Waals surface area contributed by atoms with Crippen molar-refractivity contribution < 1.29 is 9.90 Å². The Morgan fingerprint density at radius 3 is 2.42 bits per heavy atom. The van der Waals surface area contributed by atoms with Gasteiger partial charge in [-0.05, 0) is 40.5 Å². The largest absolute Gasteiger partial charge is 0.389 e. The Morgan fingerprint density at radius 1 is 1.32 bits per heavy atom. The number of hydrogen-bond donors (Lipinski definition) is 1. The number of aliphatic hydroxyl groups excluding tert-OH is 1. The first-order valence-electron chi connectivity index (χ1n) is 6.47. The molecule has 0 aliphatic carbocycles. The minimum Gasteiger partial charge on any atom is -0.389 e. The van der Waals surface area contributed by atoms with E-state index in [1.807, 2.05) is 23.1 Å². The van der Waals surface area contributed by atoms with Crippen molar-refractivity contribution in [3.63, 3.8) is 0 Å². The number of amides is 1. The molecule has 1 aliphatic heterocycles. The zero-order chi connectivity index (χ0) is 14.0. The monoisotopic (exact) mass is 326 g/mol. The number of anilines is 1. The van der Waals surface area contributed by atoms with Crippen LogP contribution in [-0.2, 0) is 4.79 Å². The van der Waals surface area contributed by atoms with E-state index in [0.717, 1.165) is 41.9 Å². The van der Waals surface area contributed by atoms with Gasteiger partial charge >= 0.3 is 0 Å². The highest BCUT2D eigenvalue weighted by Crippen LogP contribution is 2.30. The lowest BCUT2D eigenvalue weighted by molar-refractivity contribution is -0.129. The van der Waals surface area contributed by atoms with Crippen LogP contribution in [-0.4, -0.2) is 42.1 Å². The zero-order valence-corrected chi connectivity index (χ0v) is 12.9. The summed E-state index contributed by atoms with van der Waals surface area (Å²) in [6.07, 6.45) is -0.458. The molecule has 1 saturated heterocycles. The van der Waals surface area contributed by atoms with Crippen molar-refractivity contribution in [1.82, 2.24) is 4.90 Å². The number of piperazine rings is 1. The number of hydrogen-bond acceptors (Lipinski definition) is 3. The van der Waals surface area contributed by atoms with Crippen molar-refractivity contribution >= 4 is 27.5 Å². The van der Waals surface area contributed by atoms with Gasteiger partial charge in [0.2, 0.25) is 5.91 Å². The molecule has 0 bridgehead atoms. The van der Waals surface area contributed by atoms with Crippen molar-refractivity contribution in [3.8, 4) is 0 Å². The van der Waals surface area contributed by atoms with E-state index in [4.69, 9.17) is 0 Å². The normalized spacial score (nSPS) is 17.5. The molecule has 1 N–H and O–H groups in total. The summed E-state index contributed by atoms with van der Waals surface area (Å²) in [5.74, 6) is 0.142. The maximum atomic E-state index is 11.3. The van der Waals surface area contributed by atoms with Crippen molar-refractivity contribution in [1.29, 1.82) is 0 Å². The van der Waals surface area contributed by atoms with Gasteiger partial charge in [0.05, 0.1) is 11.8 Å². The average Bonchev–Trinajstić information content (AvgIpc) is 2.38. The van der Waals surface area contributed by atoms with Crippen LogP contribution in [0.2, 0.25) is 0 Å². The Kier molecular flexibility index (Phi) is 4.47. The van der Waals surface area contributed by atoms with E-state index in [-0.39, 0.29) is 5.91 Å². The minimum absolute atomic E-state index is 0.142. The molecule has 0 radical (unpaired) electrons. The fraction of sp³-hybridized carbons (Fsp3) is 0.500. The van der Waals surface area contributed by atoms with E-state index in [9.17, 15) is 9.90 Å². The fourth-order valence-corrected chi connectivity index (χ4v) is 2.95. The summed E-state index contributed by atoms with van der Waals surface area (Å²) in [6, 6.07) is 5.93. The number of carbonyl (C=O) groups is 1. The van der Waals surface area contributed by atoms with Crippen molar-refractivity contribution in [2.45, 2.75) is 20.0 Å². The molecule has 1 aliphatic rings. The average molecular weight is 327 g/mol. The first-order valence-corrected chi connectivity index (χ1v) is 7.26. The van der Waals surface area contributed by atoms with E-state index in [2.05, 4.69) is 20.8 Å². The lowest BCUT2D eigenvalue weighted by Crippen LogP contribution is -2.48. The second kappa shape index (κ2) is 5.92. The second-order valence-electron chi connectivity index (χ2n) is 4.88. The number of halogens is 1. The fourth-order valence-electron chi connectivity index (χ4n) is 2.30. The standard InChI is InChI=1S/C14H19BrN2O2/c1-10(18)12-3-4-14(13(15)9-12)17-7-5-16(6-8-17)11(2)19/h3-4,9-10,18H,5-8H2,1-2H3/t10-/m0/s1. The molecule has 0 aromatic heterocycles. The summed E-state index contributed by atoms with van der Waals surface area (Å²) < 4.78 is 0.988. The smallest absolute Gasteiger partial charge is 0.219 e. The van der Waals surface area contributed by atoms with Gasteiger partial charge in [0, 0.05) is 37.6 Å². The van der Waals surface area contributed by atoms with Crippen LogP contribution < -0.4 is 4.90 Å². The lowest BCUT2D eigenvalue weighted by Gasteiger charge is -2.36. The van der Waals surface area contributed by atoms with Crippen LogP contribution in [0.25, 0.3) is 0 Å². The third-order valence-electron chi connectivity index (χ3n) is 3.52. The summed E-state index contributed by atoms with van der Waals surface area (Å²) in [4.78, 5) is 15.4. The van der Waals surface area contributed by atoms with Gasteiger partial charge in [-0.2, -0.15) is 0 Å². The molecule has 1 aromatic carbocycles. The predicted molar refractivity (Wildman–Crippen MR) is 79.2 cm³/mol. The molecule has 0 saturated carbocycles. The Balaban J connectivity index is 2.09. The van der Waals surface area contributed by atoms with E-state index in [1.165, 1.54) is 0 Å². The van der Waals surface area contributed by atoms with Gasteiger partial charge in [0.1, 0.15) is 0 Å². The molecule has 1 aromatic rings. The van der Waals surface area contributed by atoms with Crippen LogP contribution in [0.15, 0.2) is 22.7 Å². The molecule has 19 heavy (non-hydrogen) atoms. The summed E-state index contributed by atoms with van der Waals surface area (Å²) in [5.41, 5.74) is 2.02. The highest BCUT2D eigenvalue weighted by atomic mass is 79.9. The highest BCUT2D eigenvalue weighted by molar-refractivity contribution is 9.10. The number of rotatable bonds is 2. The van der Waals surface area contributed by atoms with Gasteiger partial charge < -0.3 is 14.9 Å². The lowest BCUT2D eigenvalue weighted by atomic mass is 10.1. The zero-order valence-electron chi connectivity index (χ0n) is 11.3. The molecule has 1 atom stereocenters. The number of aliphatic hydroxyl groups is 1. The van der Waals surface area contributed by atoms with Crippen LogP contribution >= 0.6 is 15.9 Å². The second-order valence-corrected chi connectivity index (χ2v) is 5.73. The molecule has 104 valence electrons. The van der Waals surface area contributed by atoms with Crippen molar-refractivity contribution in [2.24, 2.45) is 0 Å². The number of carbonyl (C=O) groups excluding carboxylic acids is 1. The molecular formula is C14H19BrN2O2. The molecular weight excluding hydrogens is 308 g/mol. The summed E-state index contributed by atoms with van der Waals surface area (Å²) >= 11 is 3.56. The molecule has 0 unspecified atom stereocenters. The van der Waals surface area contributed by atoms with E-state index < -0.39 is 6.10 Å². The summed E-state index contributed by atoms with van der Waals surface area (Å²) in [6.45, 7) is 6.58. The number of benzene rings is 1. The molecule has 4 nitrogen and oxygen atoms in total. The maximum Gasteiger partial charge on any atom is 0.219 e. The highest BCUT2D eigenvalue weighted by Gasteiger charge is 2.20. The third-order valence-corrected chi connectivity index (χ3v) is 4.15. The molecule has 1 heterocycles. The van der Waals surface area contributed by atoms with Crippen molar-refractivity contribution in [2.75, 3.05) is 31.1 Å². The van der Waals surface area contributed by atoms with Gasteiger partial charge in [0.15, 0.2) is 0 Å². The predicted octanol–water partition coefficient (Wildman–Crippen LogP) is 2.17. The van der Waals surface area contributed by atoms with E-state index in [1.54, 1.807) is 13.8 Å². The molecule has 5 heteroatoms. The van der Waals surface area contributed by atoms with E-state index in [0.29, 0.717) is 0 Å². The van der Waals surface area contributed by atoms with Crippen LogP contribution in [0.3, 0.4) is 0 Å². The topological polar surface area (TPSA) is 43.8 Å². The minimum atomic E-state index is -0.458. The maximum absolute atomic E-state index is 11.3. The molecule has 1 fully saturated rings. The van der Waals surface area contributed by atoms with Gasteiger partial charge in [0.25, 0.3) is 0 Å². The summed E-state index contributed by atoms with van der Waals surface area (Å²) in [5, 5.41) is 9.57. The van der Waals surface area contributed by atoms with Crippen LogP contribution in [0, 0.1) is 0 Å². The van der Waals surface area contributed by atoms with Crippen LogP contribution in [0.5, 0.6) is 0 Å². The quantitative estimate of drug-likeness (QED) is 0.905. The molecule has 0 spiro atoms.